The molecule has 0 spiro atoms. The zero-order valence-corrected chi connectivity index (χ0v) is 10.5. The molecule has 0 aliphatic heterocycles. The molecule has 0 aliphatic carbocycles. The molecule has 2 heterocycles. The topological polar surface area (TPSA) is 70.5 Å². The van der Waals surface area contributed by atoms with E-state index in [1.807, 2.05) is 6.07 Å². The molecule has 0 fully saturated rings. The molecule has 0 atom stereocenters. The summed E-state index contributed by atoms with van der Waals surface area (Å²) in [6.45, 7) is 4.66. The molecule has 4 N–H and O–H groups in total. The zero-order valence-electron chi connectivity index (χ0n) is 10.5. The van der Waals surface area contributed by atoms with Crippen LogP contribution in [-0.4, -0.2) is 15.2 Å². The first-order chi connectivity index (χ1) is 8.70. The second-order valence-electron chi connectivity index (χ2n) is 4.61. The maximum Gasteiger partial charge on any atom is 0.0948 e. The molecule has 0 saturated carbocycles. The third kappa shape index (κ3) is 1.54. The van der Waals surface area contributed by atoms with Crippen LogP contribution in [0.4, 0.5) is 0 Å². The third-order valence-electron chi connectivity index (χ3n) is 3.34. The Morgan fingerprint density at radius 3 is 2.83 bits per heavy atom. The van der Waals surface area contributed by atoms with Gasteiger partial charge in [-0.3, -0.25) is 5.10 Å². The van der Waals surface area contributed by atoms with E-state index in [9.17, 15) is 0 Å². The molecule has 4 nitrogen and oxygen atoms in total. The Balaban J connectivity index is 2.28. The Hall–Kier alpha value is -2.07. The summed E-state index contributed by atoms with van der Waals surface area (Å²) in [6, 6.07) is 8.32. The Morgan fingerprint density at radius 2 is 2.11 bits per heavy atom. The summed E-state index contributed by atoms with van der Waals surface area (Å²) in [4.78, 5) is 3.44. The lowest BCUT2D eigenvalue weighted by atomic mass is 10.1. The lowest BCUT2D eigenvalue weighted by Crippen LogP contribution is -1.95. The summed E-state index contributed by atoms with van der Waals surface area (Å²) >= 11 is 0. The van der Waals surface area contributed by atoms with Crippen LogP contribution in [0, 0.1) is 13.8 Å². The smallest absolute Gasteiger partial charge is 0.0948 e. The molecule has 0 amide bonds. The van der Waals surface area contributed by atoms with Crippen LogP contribution in [0.15, 0.2) is 24.3 Å². The molecule has 0 saturated heterocycles. The lowest BCUT2D eigenvalue weighted by molar-refractivity contribution is 0.948. The average molecular weight is 240 g/mol. The van der Waals surface area contributed by atoms with E-state index in [4.69, 9.17) is 5.73 Å². The number of rotatable bonds is 2. The fourth-order valence-corrected chi connectivity index (χ4v) is 2.42. The highest BCUT2D eigenvalue weighted by Crippen LogP contribution is 2.32. The van der Waals surface area contributed by atoms with Gasteiger partial charge in [0.15, 0.2) is 0 Å². The standard InChI is InChI=1S/C14H16N4/c1-8-4-3-5-11-13(9(2)16-14(8)11)12-6-10(7-15)17-18-12/h3-6,16H,7,15H2,1-2H3,(H,17,18). The number of benzene rings is 1. The second-order valence-corrected chi connectivity index (χ2v) is 4.61. The molecule has 0 radical (unpaired) electrons. The summed E-state index contributed by atoms with van der Waals surface area (Å²) in [6.07, 6.45) is 0. The molecule has 0 bridgehead atoms. The number of hydrogen-bond donors (Lipinski definition) is 3. The van der Waals surface area contributed by atoms with Crippen LogP contribution in [0.3, 0.4) is 0 Å². The number of nitrogens with zero attached hydrogens (tertiary/aromatic N) is 1. The molecule has 92 valence electrons. The van der Waals surface area contributed by atoms with Crippen molar-refractivity contribution in [2.45, 2.75) is 20.4 Å². The monoisotopic (exact) mass is 240 g/mol. The van der Waals surface area contributed by atoms with Crippen LogP contribution in [0.1, 0.15) is 17.0 Å². The molecular weight excluding hydrogens is 224 g/mol. The minimum Gasteiger partial charge on any atom is -0.358 e. The van der Waals surface area contributed by atoms with Gasteiger partial charge in [-0.05, 0) is 25.5 Å². The highest BCUT2D eigenvalue weighted by Gasteiger charge is 2.14. The van der Waals surface area contributed by atoms with E-state index in [-0.39, 0.29) is 0 Å². The Kier molecular flexibility index (Phi) is 2.45. The Morgan fingerprint density at radius 1 is 1.28 bits per heavy atom. The van der Waals surface area contributed by atoms with Gasteiger partial charge < -0.3 is 10.7 Å². The average Bonchev–Trinajstić information content (AvgIpc) is 2.93. The number of para-hydroxylation sites is 1. The number of aromatic nitrogens is 3. The number of nitrogens with one attached hydrogen (secondary N) is 2. The van der Waals surface area contributed by atoms with E-state index >= 15 is 0 Å². The number of hydrogen-bond acceptors (Lipinski definition) is 2. The van der Waals surface area contributed by atoms with Gasteiger partial charge in [-0.15, -0.1) is 0 Å². The molecule has 3 rings (SSSR count). The van der Waals surface area contributed by atoms with Crippen LogP contribution in [-0.2, 0) is 6.54 Å². The molecule has 4 heteroatoms. The van der Waals surface area contributed by atoms with Gasteiger partial charge in [0.25, 0.3) is 0 Å². The van der Waals surface area contributed by atoms with Crippen LogP contribution in [0.2, 0.25) is 0 Å². The van der Waals surface area contributed by atoms with Crippen molar-refractivity contribution in [2.75, 3.05) is 0 Å². The van der Waals surface area contributed by atoms with E-state index in [0.29, 0.717) is 6.54 Å². The lowest BCUT2D eigenvalue weighted by Gasteiger charge is -1.97. The number of aromatic amines is 2. The number of aryl methyl sites for hydroxylation is 2. The molecule has 0 unspecified atom stereocenters. The Labute approximate surface area is 105 Å². The molecule has 1 aromatic carbocycles. The fourth-order valence-electron chi connectivity index (χ4n) is 2.42. The molecule has 2 aromatic heterocycles. The van der Waals surface area contributed by atoms with Crippen LogP contribution in [0.25, 0.3) is 22.2 Å². The molecule has 3 aromatic rings. The van der Waals surface area contributed by atoms with Crippen LogP contribution >= 0.6 is 0 Å². The van der Waals surface area contributed by atoms with E-state index in [0.717, 1.165) is 22.6 Å². The summed E-state index contributed by atoms with van der Waals surface area (Å²) in [5.41, 5.74) is 12.2. The largest absolute Gasteiger partial charge is 0.358 e. The molecule has 0 aliphatic rings. The van der Waals surface area contributed by atoms with Gasteiger partial charge in [-0.1, -0.05) is 18.2 Å². The second kappa shape index (κ2) is 3.99. The highest BCUT2D eigenvalue weighted by molar-refractivity contribution is 5.98. The van der Waals surface area contributed by atoms with Gasteiger partial charge in [0.1, 0.15) is 0 Å². The number of H-pyrrole nitrogens is 2. The summed E-state index contributed by atoms with van der Waals surface area (Å²) in [7, 11) is 0. The highest BCUT2D eigenvalue weighted by atomic mass is 15.1. The van der Waals surface area contributed by atoms with Crippen molar-refractivity contribution in [1.29, 1.82) is 0 Å². The maximum atomic E-state index is 5.61. The van der Waals surface area contributed by atoms with Gasteiger partial charge in [0.2, 0.25) is 0 Å². The van der Waals surface area contributed by atoms with Gasteiger partial charge in [-0.2, -0.15) is 5.10 Å². The van der Waals surface area contributed by atoms with Gasteiger partial charge in [0, 0.05) is 34.4 Å². The molecule has 18 heavy (non-hydrogen) atoms. The number of fused-ring (bicyclic) bond motifs is 1. The van der Waals surface area contributed by atoms with Crippen molar-refractivity contribution < 1.29 is 0 Å². The van der Waals surface area contributed by atoms with Gasteiger partial charge >= 0.3 is 0 Å². The summed E-state index contributed by atoms with van der Waals surface area (Å²) in [5, 5.41) is 8.52. The van der Waals surface area contributed by atoms with E-state index in [2.05, 4.69) is 47.2 Å². The van der Waals surface area contributed by atoms with Crippen molar-refractivity contribution in [3.05, 3.63) is 41.2 Å². The first-order valence-electron chi connectivity index (χ1n) is 6.03. The quantitative estimate of drug-likeness (QED) is 0.644. The van der Waals surface area contributed by atoms with Gasteiger partial charge in [-0.25, -0.2) is 0 Å². The van der Waals surface area contributed by atoms with E-state index in [1.165, 1.54) is 16.5 Å². The normalized spacial score (nSPS) is 11.3. The Bertz CT molecular complexity index is 706. The van der Waals surface area contributed by atoms with Crippen molar-refractivity contribution in [2.24, 2.45) is 5.73 Å². The predicted molar refractivity (Wildman–Crippen MR) is 73.2 cm³/mol. The fraction of sp³-hybridized carbons (Fsp3) is 0.214. The maximum absolute atomic E-state index is 5.61. The molecular formula is C14H16N4. The van der Waals surface area contributed by atoms with Crippen molar-refractivity contribution in [3.63, 3.8) is 0 Å². The van der Waals surface area contributed by atoms with E-state index < -0.39 is 0 Å². The van der Waals surface area contributed by atoms with Crippen molar-refractivity contribution in [3.8, 4) is 11.3 Å². The third-order valence-corrected chi connectivity index (χ3v) is 3.34. The zero-order chi connectivity index (χ0) is 12.7. The van der Waals surface area contributed by atoms with Crippen molar-refractivity contribution in [1.82, 2.24) is 15.2 Å². The van der Waals surface area contributed by atoms with Crippen LogP contribution in [0.5, 0.6) is 0 Å². The SMILES string of the molecule is Cc1[nH]c2c(C)cccc2c1-c1cc(CN)[nH]n1. The van der Waals surface area contributed by atoms with Crippen molar-refractivity contribution >= 4 is 10.9 Å². The minimum absolute atomic E-state index is 0.480. The van der Waals surface area contributed by atoms with Crippen LogP contribution < -0.4 is 5.73 Å². The summed E-state index contributed by atoms with van der Waals surface area (Å²) < 4.78 is 0. The predicted octanol–water partition coefficient (Wildman–Crippen LogP) is 2.63. The first kappa shape index (κ1) is 11.0. The van der Waals surface area contributed by atoms with E-state index in [1.54, 1.807) is 0 Å². The minimum atomic E-state index is 0.480. The first-order valence-corrected chi connectivity index (χ1v) is 6.03. The number of nitrogens with two attached hydrogens (primary N) is 1. The van der Waals surface area contributed by atoms with Gasteiger partial charge in [0.05, 0.1) is 5.69 Å². The summed E-state index contributed by atoms with van der Waals surface area (Å²) in [5.74, 6) is 0.